The van der Waals surface area contributed by atoms with E-state index in [-0.39, 0.29) is 5.82 Å². The van der Waals surface area contributed by atoms with Crippen LogP contribution in [0.25, 0.3) is 0 Å². The van der Waals surface area contributed by atoms with Crippen LogP contribution in [0.4, 0.5) is 10.1 Å². The first kappa shape index (κ1) is 15.8. The third kappa shape index (κ3) is 3.75. The van der Waals surface area contributed by atoms with Crippen LogP contribution in [0, 0.1) is 17.2 Å². The van der Waals surface area contributed by atoms with E-state index >= 15 is 0 Å². The normalized spacial score (nSPS) is 23.6. The first-order valence-corrected chi connectivity index (χ1v) is 8.43. The molecule has 0 atom stereocenters. The molecule has 1 aliphatic rings. The van der Waals surface area contributed by atoms with Gasteiger partial charge in [0.05, 0.1) is 4.47 Å². The Kier molecular flexibility index (Phi) is 5.11. The minimum absolute atomic E-state index is 0.198. The summed E-state index contributed by atoms with van der Waals surface area (Å²) in [6.07, 6.45) is 6.17. The molecular formula is C17H25BrFN. The molecule has 0 aromatic heterocycles. The summed E-state index contributed by atoms with van der Waals surface area (Å²) in [7, 11) is 0. The van der Waals surface area contributed by atoms with Crippen LogP contribution in [0.15, 0.2) is 22.7 Å². The maximum atomic E-state index is 13.5. The van der Waals surface area contributed by atoms with E-state index in [9.17, 15) is 4.39 Å². The van der Waals surface area contributed by atoms with Crippen molar-refractivity contribution in [2.45, 2.75) is 58.9 Å². The van der Waals surface area contributed by atoms with Gasteiger partial charge in [-0.2, -0.15) is 0 Å². The summed E-state index contributed by atoms with van der Waals surface area (Å²) in [5.41, 5.74) is 1.35. The number of anilines is 1. The van der Waals surface area contributed by atoms with Crippen molar-refractivity contribution in [2.75, 3.05) is 5.32 Å². The molecule has 112 valence electrons. The lowest BCUT2D eigenvalue weighted by molar-refractivity contribution is 0.147. The minimum Gasteiger partial charge on any atom is -0.382 e. The van der Waals surface area contributed by atoms with Crippen LogP contribution in [0.3, 0.4) is 0 Å². The van der Waals surface area contributed by atoms with Crippen molar-refractivity contribution >= 4 is 21.6 Å². The van der Waals surface area contributed by atoms with Crippen LogP contribution in [-0.2, 0) is 0 Å². The molecule has 0 saturated heterocycles. The number of nitrogens with one attached hydrogen (secondary N) is 1. The van der Waals surface area contributed by atoms with Crippen molar-refractivity contribution < 1.29 is 4.39 Å². The number of hydrogen-bond donors (Lipinski definition) is 1. The highest BCUT2D eigenvalue weighted by Gasteiger charge is 2.31. The zero-order valence-electron chi connectivity index (χ0n) is 12.7. The van der Waals surface area contributed by atoms with Crippen molar-refractivity contribution in [3.8, 4) is 0 Å². The quantitative estimate of drug-likeness (QED) is 0.708. The molecule has 1 nitrogen and oxygen atoms in total. The number of halogens is 2. The standard InChI is InChI=1S/C17H25BrFN/c1-4-17(2,3)12-5-7-13(8-6-12)20-14-9-10-15(18)16(19)11-14/h9-13,20H,4-8H2,1-3H3. The van der Waals surface area contributed by atoms with E-state index < -0.39 is 0 Å². The Morgan fingerprint density at radius 3 is 2.45 bits per heavy atom. The van der Waals surface area contributed by atoms with E-state index in [2.05, 4.69) is 42.0 Å². The molecule has 1 fully saturated rings. The topological polar surface area (TPSA) is 12.0 Å². The highest BCUT2D eigenvalue weighted by atomic mass is 79.9. The summed E-state index contributed by atoms with van der Waals surface area (Å²) in [5.74, 6) is 0.628. The van der Waals surface area contributed by atoms with E-state index in [1.54, 1.807) is 12.1 Å². The Bertz CT molecular complexity index is 450. The van der Waals surface area contributed by atoms with E-state index in [0.717, 1.165) is 11.6 Å². The van der Waals surface area contributed by atoms with Crippen molar-refractivity contribution in [2.24, 2.45) is 11.3 Å². The molecule has 1 aliphatic carbocycles. The van der Waals surface area contributed by atoms with Crippen LogP contribution in [0.2, 0.25) is 0 Å². The van der Waals surface area contributed by atoms with Gasteiger partial charge in [-0.1, -0.05) is 27.2 Å². The van der Waals surface area contributed by atoms with Gasteiger partial charge in [0.2, 0.25) is 0 Å². The van der Waals surface area contributed by atoms with Gasteiger partial charge in [0.1, 0.15) is 5.82 Å². The average molecular weight is 342 g/mol. The second-order valence-corrected chi connectivity index (χ2v) is 7.52. The van der Waals surface area contributed by atoms with E-state index in [1.807, 2.05) is 6.07 Å². The molecule has 0 amide bonds. The third-order valence-corrected chi connectivity index (χ3v) is 5.68. The molecular weight excluding hydrogens is 317 g/mol. The smallest absolute Gasteiger partial charge is 0.139 e. The van der Waals surface area contributed by atoms with Gasteiger partial charge in [-0.05, 0) is 71.1 Å². The second kappa shape index (κ2) is 6.46. The monoisotopic (exact) mass is 341 g/mol. The van der Waals surface area contributed by atoms with Gasteiger partial charge in [-0.15, -0.1) is 0 Å². The van der Waals surface area contributed by atoms with Crippen molar-refractivity contribution in [3.05, 3.63) is 28.5 Å². The zero-order chi connectivity index (χ0) is 14.8. The molecule has 0 unspecified atom stereocenters. The summed E-state index contributed by atoms with van der Waals surface area (Å²) in [4.78, 5) is 0. The number of hydrogen-bond acceptors (Lipinski definition) is 1. The number of benzene rings is 1. The van der Waals surface area contributed by atoms with Crippen LogP contribution >= 0.6 is 15.9 Å². The first-order valence-electron chi connectivity index (χ1n) is 7.64. The number of rotatable bonds is 4. The van der Waals surface area contributed by atoms with Gasteiger partial charge in [-0.25, -0.2) is 4.39 Å². The van der Waals surface area contributed by atoms with Gasteiger partial charge >= 0.3 is 0 Å². The van der Waals surface area contributed by atoms with Crippen molar-refractivity contribution in [1.82, 2.24) is 0 Å². The molecule has 3 heteroatoms. The summed E-state index contributed by atoms with van der Waals surface area (Å²) >= 11 is 3.19. The Hall–Kier alpha value is -0.570. The first-order chi connectivity index (χ1) is 9.42. The lowest BCUT2D eigenvalue weighted by Crippen LogP contribution is -2.32. The van der Waals surface area contributed by atoms with Crippen LogP contribution < -0.4 is 5.32 Å². The third-order valence-electron chi connectivity index (χ3n) is 5.03. The maximum Gasteiger partial charge on any atom is 0.139 e. The van der Waals surface area contributed by atoms with Crippen LogP contribution in [0.1, 0.15) is 52.9 Å². The summed E-state index contributed by atoms with van der Waals surface area (Å²) in [6.45, 7) is 7.06. The summed E-state index contributed by atoms with van der Waals surface area (Å²) in [6, 6.07) is 5.77. The Morgan fingerprint density at radius 1 is 1.25 bits per heavy atom. The molecule has 0 radical (unpaired) electrons. The largest absolute Gasteiger partial charge is 0.382 e. The van der Waals surface area contributed by atoms with Crippen molar-refractivity contribution in [3.63, 3.8) is 0 Å². The molecule has 1 N–H and O–H groups in total. The lowest BCUT2D eigenvalue weighted by Gasteiger charge is -2.39. The average Bonchev–Trinajstić information content (AvgIpc) is 2.43. The van der Waals surface area contributed by atoms with Gasteiger partial charge in [0.25, 0.3) is 0 Å². The Balaban J connectivity index is 1.90. The van der Waals surface area contributed by atoms with Gasteiger partial charge < -0.3 is 5.32 Å². The fourth-order valence-electron chi connectivity index (χ4n) is 3.13. The van der Waals surface area contributed by atoms with Crippen molar-refractivity contribution in [1.29, 1.82) is 0 Å². The van der Waals surface area contributed by atoms with Gasteiger partial charge in [0.15, 0.2) is 0 Å². The van der Waals surface area contributed by atoms with Crippen LogP contribution in [-0.4, -0.2) is 6.04 Å². The van der Waals surface area contributed by atoms with E-state index in [1.165, 1.54) is 32.1 Å². The molecule has 0 bridgehead atoms. The minimum atomic E-state index is -0.198. The highest BCUT2D eigenvalue weighted by Crippen LogP contribution is 2.40. The lowest BCUT2D eigenvalue weighted by atomic mass is 9.69. The molecule has 1 aromatic rings. The maximum absolute atomic E-state index is 13.5. The van der Waals surface area contributed by atoms with Gasteiger partial charge in [-0.3, -0.25) is 0 Å². The summed E-state index contributed by atoms with van der Waals surface area (Å²) in [5, 5.41) is 3.48. The highest BCUT2D eigenvalue weighted by molar-refractivity contribution is 9.10. The molecule has 0 heterocycles. The second-order valence-electron chi connectivity index (χ2n) is 6.66. The predicted molar refractivity (Wildman–Crippen MR) is 87.5 cm³/mol. The van der Waals surface area contributed by atoms with Crippen LogP contribution in [0.5, 0.6) is 0 Å². The molecule has 20 heavy (non-hydrogen) atoms. The molecule has 0 spiro atoms. The fourth-order valence-corrected chi connectivity index (χ4v) is 3.38. The Labute approximate surface area is 130 Å². The van der Waals surface area contributed by atoms with Gasteiger partial charge in [0, 0.05) is 11.7 Å². The van der Waals surface area contributed by atoms with E-state index in [4.69, 9.17) is 0 Å². The SMILES string of the molecule is CCC(C)(C)C1CCC(Nc2ccc(Br)c(F)c2)CC1. The zero-order valence-corrected chi connectivity index (χ0v) is 14.3. The van der Waals surface area contributed by atoms with E-state index in [0.29, 0.717) is 15.9 Å². The molecule has 0 aliphatic heterocycles. The fraction of sp³-hybridized carbons (Fsp3) is 0.647. The summed E-state index contributed by atoms with van der Waals surface area (Å²) < 4.78 is 14.0. The Morgan fingerprint density at radius 2 is 1.90 bits per heavy atom. The molecule has 1 saturated carbocycles. The molecule has 1 aromatic carbocycles. The predicted octanol–water partition coefficient (Wildman–Crippen LogP) is 6.00. The molecule has 2 rings (SSSR count).